The Kier molecular flexibility index (Phi) is 17.3. The minimum Gasteiger partial charge on any atom is -0.759 e. The Balaban J connectivity index is -0.000000214. The fraction of sp³-hybridized carbons (Fsp3) is 0.143. The van der Waals surface area contributed by atoms with E-state index in [1.54, 1.807) is 24.3 Å². The molecular weight excluding hydrogens is 290 g/mol. The molecule has 0 saturated carbocycles. The molecule has 0 fully saturated rings. The first kappa shape index (κ1) is 23.1. The van der Waals surface area contributed by atoms with Crippen LogP contribution in [0, 0.1) is 0 Å². The molecule has 0 atom stereocenters. The summed E-state index contributed by atoms with van der Waals surface area (Å²) in [7, 11) is -3.64. The molecule has 0 aliphatic rings. The van der Waals surface area contributed by atoms with Crippen molar-refractivity contribution < 1.29 is 130 Å². The number of phenols is 1. The molecule has 0 amide bonds. The molecule has 1 aromatic carbocycles. The number of rotatable bonds is 1. The molecule has 0 heterocycles. The average Bonchev–Trinajstić information content (AvgIpc) is 2.02. The molecule has 0 saturated heterocycles. The van der Waals surface area contributed by atoms with Gasteiger partial charge in [-0.2, -0.15) is 0 Å². The Morgan fingerprint density at radius 3 is 1.81 bits per heavy atom. The predicted octanol–water partition coefficient (Wildman–Crippen LogP) is -5.93. The van der Waals surface area contributed by atoms with Crippen LogP contribution < -0.4 is 108 Å². The van der Waals surface area contributed by atoms with Gasteiger partial charge in [0.2, 0.25) is 0 Å². The van der Waals surface area contributed by atoms with Crippen molar-refractivity contribution in [3.63, 3.8) is 0 Å². The van der Waals surface area contributed by atoms with Crippen LogP contribution in [0.4, 0.5) is 0 Å². The summed E-state index contributed by atoms with van der Waals surface area (Å²) in [5.41, 5.74) is 0. The van der Waals surface area contributed by atoms with Gasteiger partial charge in [0.25, 0.3) is 0 Å². The Morgan fingerprint density at radius 2 is 1.56 bits per heavy atom. The fourth-order valence-electron chi connectivity index (χ4n) is 0.630. The topological polar surface area (TPSA) is 110 Å². The number of hydrogen-bond acceptors (Lipinski definition) is 6. The summed E-state index contributed by atoms with van der Waals surface area (Å²) in [5.74, 6) is 0.692. The summed E-state index contributed by atoms with van der Waals surface area (Å²) in [4.78, 5) is 0. The van der Waals surface area contributed by atoms with Crippen molar-refractivity contribution >= 4 is 10.4 Å². The smallest absolute Gasteiger partial charge is 0.759 e. The van der Waals surface area contributed by atoms with Crippen LogP contribution in [0.25, 0.3) is 0 Å². The maximum absolute atomic E-state index is 8.99. The first-order chi connectivity index (χ1) is 6.34. The van der Waals surface area contributed by atoms with Gasteiger partial charge in [0, 0.05) is 10.4 Å². The van der Waals surface area contributed by atoms with E-state index in [1.807, 2.05) is 0 Å². The van der Waals surface area contributed by atoms with Crippen LogP contribution in [-0.2, 0) is 10.4 Å². The molecule has 16 heavy (non-hydrogen) atoms. The second-order valence-corrected chi connectivity index (χ2v) is 2.90. The molecule has 0 spiro atoms. The number of methoxy groups -OCH3 is 1. The van der Waals surface area contributed by atoms with E-state index in [9.17, 15) is 0 Å². The molecule has 1 rings (SSSR count). The van der Waals surface area contributed by atoms with Crippen LogP contribution in [0.5, 0.6) is 11.5 Å². The van der Waals surface area contributed by atoms with Gasteiger partial charge in [-0.3, -0.25) is 8.42 Å². The molecule has 80 valence electrons. The number of phenolic OH excluding ortho intramolecular Hbond substituents is 1. The third-order valence-electron chi connectivity index (χ3n) is 1.09. The number of benzene rings is 1. The van der Waals surface area contributed by atoms with Crippen molar-refractivity contribution in [2.75, 3.05) is 7.11 Å². The van der Waals surface area contributed by atoms with E-state index in [-0.39, 0.29) is 109 Å². The third-order valence-corrected chi connectivity index (χ3v) is 1.09. The Bertz CT molecular complexity index is 372. The van der Waals surface area contributed by atoms with E-state index in [2.05, 4.69) is 0 Å². The largest absolute Gasteiger partial charge is 1.00 e. The van der Waals surface area contributed by atoms with Crippen molar-refractivity contribution in [3.8, 4) is 11.5 Å². The SMILES string of the molecule is COc1ccccc1O.O=S(=O)([O-])[O-].[K+].[K+]. The molecule has 0 radical (unpaired) electrons. The van der Waals surface area contributed by atoms with E-state index in [4.69, 9.17) is 27.4 Å². The second kappa shape index (κ2) is 12.0. The normalized spacial score (nSPS) is 8.69. The van der Waals surface area contributed by atoms with Crippen molar-refractivity contribution in [1.29, 1.82) is 0 Å². The summed E-state index contributed by atoms with van der Waals surface area (Å²) in [5, 5.41) is 8.99. The van der Waals surface area contributed by atoms with Gasteiger partial charge in [-0.1, -0.05) is 12.1 Å². The summed E-state index contributed by atoms with van der Waals surface area (Å²) in [6, 6.07) is 6.84. The van der Waals surface area contributed by atoms with Gasteiger partial charge in [0.1, 0.15) is 0 Å². The quantitative estimate of drug-likeness (QED) is 0.314. The first-order valence-corrected chi connectivity index (χ1v) is 4.66. The molecule has 6 nitrogen and oxygen atoms in total. The summed E-state index contributed by atoms with van der Waals surface area (Å²) >= 11 is 0. The van der Waals surface area contributed by atoms with E-state index in [0.717, 1.165) is 0 Å². The predicted molar refractivity (Wildman–Crippen MR) is 45.1 cm³/mol. The number of aromatic hydroxyl groups is 1. The van der Waals surface area contributed by atoms with Crippen molar-refractivity contribution in [2.45, 2.75) is 0 Å². The number of ether oxygens (including phenoxy) is 1. The molecule has 9 heteroatoms. The van der Waals surface area contributed by atoms with Gasteiger partial charge in [0.15, 0.2) is 11.5 Å². The standard InChI is InChI=1S/C7H8O2.2K.H2O4S/c1-9-7-5-3-2-4-6(7)8;;;1-5(2,3)4/h2-5,8H,1H3;;;(H2,1,2,3,4)/q;2*+1;/p-2. The zero-order valence-electron chi connectivity index (χ0n) is 9.21. The zero-order valence-corrected chi connectivity index (χ0v) is 16.3. The molecule has 1 aromatic rings. The summed E-state index contributed by atoms with van der Waals surface area (Å²) < 4.78 is 38.9. The molecule has 0 bridgehead atoms. The van der Waals surface area contributed by atoms with Crippen molar-refractivity contribution in [1.82, 2.24) is 0 Å². The fourth-order valence-corrected chi connectivity index (χ4v) is 0.630. The monoisotopic (exact) mass is 298 g/mol. The van der Waals surface area contributed by atoms with E-state index in [0.29, 0.717) is 5.75 Å². The molecule has 1 N–H and O–H groups in total. The molecule has 0 aromatic heterocycles. The van der Waals surface area contributed by atoms with E-state index in [1.165, 1.54) is 7.11 Å². The van der Waals surface area contributed by atoms with Crippen LogP contribution in [0.15, 0.2) is 24.3 Å². The van der Waals surface area contributed by atoms with Gasteiger partial charge in [-0.25, -0.2) is 0 Å². The van der Waals surface area contributed by atoms with Gasteiger partial charge in [-0.05, 0) is 12.1 Å². The zero-order chi connectivity index (χ0) is 11.2. The van der Waals surface area contributed by atoms with Crippen LogP contribution in [0.3, 0.4) is 0 Å². The van der Waals surface area contributed by atoms with Crippen LogP contribution in [0.2, 0.25) is 0 Å². The maximum Gasteiger partial charge on any atom is 1.00 e. The Hall–Kier alpha value is 1.96. The molecule has 0 unspecified atom stereocenters. The Labute approximate surface area is 179 Å². The van der Waals surface area contributed by atoms with Gasteiger partial charge >= 0.3 is 103 Å². The van der Waals surface area contributed by atoms with Gasteiger partial charge in [-0.15, -0.1) is 0 Å². The first-order valence-electron chi connectivity index (χ1n) is 3.33. The van der Waals surface area contributed by atoms with Gasteiger partial charge < -0.3 is 18.9 Å². The molecular formula is C7H8K2O6S. The maximum atomic E-state index is 8.99. The van der Waals surface area contributed by atoms with Crippen LogP contribution in [0.1, 0.15) is 0 Å². The second-order valence-electron chi connectivity index (χ2n) is 2.08. The summed E-state index contributed by atoms with van der Waals surface area (Å²) in [6.07, 6.45) is 0. The van der Waals surface area contributed by atoms with E-state index < -0.39 is 10.4 Å². The van der Waals surface area contributed by atoms with Gasteiger partial charge in [0.05, 0.1) is 7.11 Å². The van der Waals surface area contributed by atoms with Crippen molar-refractivity contribution in [3.05, 3.63) is 24.3 Å². The third kappa shape index (κ3) is 16.0. The number of hydrogen-bond donors (Lipinski definition) is 1. The van der Waals surface area contributed by atoms with Crippen LogP contribution in [-0.4, -0.2) is 29.7 Å². The molecule has 0 aliphatic heterocycles. The summed E-state index contributed by atoms with van der Waals surface area (Å²) in [6.45, 7) is 0. The average molecular weight is 298 g/mol. The van der Waals surface area contributed by atoms with E-state index >= 15 is 0 Å². The van der Waals surface area contributed by atoms with Crippen molar-refractivity contribution in [2.24, 2.45) is 0 Å². The number of para-hydroxylation sites is 2. The molecule has 0 aliphatic carbocycles. The Morgan fingerprint density at radius 1 is 1.19 bits per heavy atom. The van der Waals surface area contributed by atoms with Crippen LogP contribution >= 0.6 is 0 Å². The minimum absolute atomic E-state index is 0. The minimum atomic E-state index is -5.17.